The molecule has 1 amide bonds. The number of hydrogen-bond donors (Lipinski definition) is 1. The third kappa shape index (κ3) is 7.21. The average Bonchev–Trinajstić information content (AvgIpc) is 2.67. The molecule has 0 spiro atoms. The fourth-order valence-electron chi connectivity index (χ4n) is 2.58. The molecule has 0 aliphatic carbocycles. The highest BCUT2D eigenvalue weighted by atomic mass is 35.5. The number of benzene rings is 2. The van der Waals surface area contributed by atoms with Crippen LogP contribution in [0.4, 0.5) is 0 Å². The van der Waals surface area contributed by atoms with Crippen LogP contribution in [0.15, 0.2) is 48.5 Å². The predicted octanol–water partition coefficient (Wildman–Crippen LogP) is 2.96. The van der Waals surface area contributed by atoms with Crippen molar-refractivity contribution >= 4 is 24.3 Å². The molecule has 0 radical (unpaired) electrons. The van der Waals surface area contributed by atoms with Gasteiger partial charge in [-0.3, -0.25) is 9.59 Å². The monoisotopic (exact) mass is 406 g/mol. The van der Waals surface area contributed by atoms with E-state index in [1.54, 1.807) is 14.1 Å². The normalized spacial score (nSPS) is 11.1. The molecule has 0 aromatic heterocycles. The lowest BCUT2D eigenvalue weighted by Gasteiger charge is -2.16. The van der Waals surface area contributed by atoms with E-state index in [1.807, 2.05) is 48.5 Å². The van der Waals surface area contributed by atoms with Crippen molar-refractivity contribution in [1.82, 2.24) is 4.90 Å². The number of carbonyl (C=O) groups excluding carboxylic acids is 2. The molecule has 0 aliphatic heterocycles. The van der Waals surface area contributed by atoms with Crippen LogP contribution in [-0.4, -0.2) is 44.0 Å². The highest BCUT2D eigenvalue weighted by molar-refractivity contribution is 5.85. The summed E-state index contributed by atoms with van der Waals surface area (Å²) in [6.45, 7) is 0. The largest absolute Gasteiger partial charge is 0.469 e. The lowest BCUT2D eigenvalue weighted by atomic mass is 10.1. The summed E-state index contributed by atoms with van der Waals surface area (Å²) in [5.41, 5.74) is 7.95. The molecule has 0 bridgehead atoms. The number of amides is 1. The molecule has 28 heavy (non-hydrogen) atoms. The summed E-state index contributed by atoms with van der Waals surface area (Å²) >= 11 is 0. The summed E-state index contributed by atoms with van der Waals surface area (Å²) in [7, 11) is 4.78. The second-order valence-electron chi connectivity index (χ2n) is 6.51. The van der Waals surface area contributed by atoms with Crippen molar-refractivity contribution in [1.29, 1.82) is 0 Å². The summed E-state index contributed by atoms with van der Waals surface area (Å²) in [5.74, 6) is 1.10. The maximum absolute atomic E-state index is 11.8. The lowest BCUT2D eigenvalue weighted by Crippen LogP contribution is -2.41. The molecule has 1 atom stereocenters. The molecule has 7 heteroatoms. The van der Waals surface area contributed by atoms with E-state index in [1.165, 1.54) is 12.0 Å². The van der Waals surface area contributed by atoms with E-state index in [4.69, 9.17) is 10.5 Å². The first-order valence-corrected chi connectivity index (χ1v) is 8.78. The fraction of sp³-hybridized carbons (Fsp3) is 0.333. The van der Waals surface area contributed by atoms with Crippen LogP contribution in [0.3, 0.4) is 0 Å². The number of halogens is 1. The van der Waals surface area contributed by atoms with E-state index in [0.717, 1.165) is 11.1 Å². The second-order valence-corrected chi connectivity index (χ2v) is 6.51. The van der Waals surface area contributed by atoms with E-state index in [2.05, 4.69) is 4.74 Å². The van der Waals surface area contributed by atoms with Crippen molar-refractivity contribution in [3.63, 3.8) is 0 Å². The van der Waals surface area contributed by atoms with Crippen LogP contribution in [0.25, 0.3) is 0 Å². The number of likely N-dealkylation sites (N-methyl/N-ethyl adjacent to an activating group) is 1. The van der Waals surface area contributed by atoms with Crippen molar-refractivity contribution < 1.29 is 19.1 Å². The molecule has 152 valence electrons. The maximum Gasteiger partial charge on any atom is 0.305 e. The molecule has 2 rings (SSSR count). The smallest absolute Gasteiger partial charge is 0.305 e. The molecule has 2 N–H and O–H groups in total. The Bertz CT molecular complexity index is 761. The van der Waals surface area contributed by atoms with Gasteiger partial charge in [-0.2, -0.15) is 0 Å². The molecule has 2 aromatic carbocycles. The number of ether oxygens (including phenoxy) is 2. The first-order valence-electron chi connectivity index (χ1n) is 8.78. The van der Waals surface area contributed by atoms with Gasteiger partial charge in [0, 0.05) is 20.5 Å². The average molecular weight is 407 g/mol. The predicted molar refractivity (Wildman–Crippen MR) is 111 cm³/mol. The van der Waals surface area contributed by atoms with E-state index < -0.39 is 6.04 Å². The molecule has 0 aliphatic rings. The van der Waals surface area contributed by atoms with Gasteiger partial charge in [-0.1, -0.05) is 24.3 Å². The minimum atomic E-state index is -0.552. The van der Waals surface area contributed by atoms with Gasteiger partial charge in [-0.25, -0.2) is 0 Å². The van der Waals surface area contributed by atoms with Gasteiger partial charge in [0.1, 0.15) is 11.5 Å². The standard InChI is InChI=1S/C21H26N2O4.ClH/c1-23(2)21(25)19(22)14-16-6-11-18(12-7-16)27-17-9-4-15(5-10-17)8-13-20(24)26-3;/h4-7,9-12,19H,8,13-14,22H2,1-3H3;1H/t19-;/m0./s1. The van der Waals surface area contributed by atoms with E-state index in [9.17, 15) is 9.59 Å². The van der Waals surface area contributed by atoms with Crippen LogP contribution in [-0.2, 0) is 27.2 Å². The zero-order valence-corrected chi connectivity index (χ0v) is 17.2. The highest BCUT2D eigenvalue weighted by Crippen LogP contribution is 2.23. The van der Waals surface area contributed by atoms with Gasteiger partial charge in [0.25, 0.3) is 0 Å². The Kier molecular flexibility index (Phi) is 9.48. The fourth-order valence-corrected chi connectivity index (χ4v) is 2.58. The van der Waals surface area contributed by atoms with Crippen molar-refractivity contribution in [2.24, 2.45) is 5.73 Å². The highest BCUT2D eigenvalue weighted by Gasteiger charge is 2.15. The van der Waals surface area contributed by atoms with Gasteiger partial charge < -0.3 is 20.1 Å². The summed E-state index contributed by atoms with van der Waals surface area (Å²) in [6.07, 6.45) is 1.47. The lowest BCUT2D eigenvalue weighted by molar-refractivity contribution is -0.140. The third-order valence-electron chi connectivity index (χ3n) is 4.14. The van der Waals surface area contributed by atoms with Gasteiger partial charge in [0.2, 0.25) is 5.91 Å². The molecule has 0 fully saturated rings. The minimum Gasteiger partial charge on any atom is -0.469 e. The summed E-state index contributed by atoms with van der Waals surface area (Å²) < 4.78 is 10.5. The SMILES string of the molecule is COC(=O)CCc1ccc(Oc2ccc(C[C@H](N)C(=O)N(C)C)cc2)cc1.Cl. The zero-order chi connectivity index (χ0) is 19.8. The molecular formula is C21H27ClN2O4. The Balaban J connectivity index is 0.00000392. The Morgan fingerprint density at radius 2 is 1.46 bits per heavy atom. The van der Waals surface area contributed by atoms with Crippen LogP contribution >= 0.6 is 12.4 Å². The maximum atomic E-state index is 11.8. The van der Waals surface area contributed by atoms with Gasteiger partial charge in [0.15, 0.2) is 0 Å². The quantitative estimate of drug-likeness (QED) is 0.681. The van der Waals surface area contributed by atoms with Crippen LogP contribution in [0.5, 0.6) is 11.5 Å². The molecule has 0 saturated heterocycles. The Hall–Kier alpha value is -2.57. The summed E-state index contributed by atoms with van der Waals surface area (Å²) in [4.78, 5) is 24.5. The van der Waals surface area contributed by atoms with Crippen molar-refractivity contribution in [2.45, 2.75) is 25.3 Å². The number of aryl methyl sites for hydroxylation is 1. The van der Waals surface area contributed by atoms with Crippen molar-refractivity contribution in [3.05, 3.63) is 59.7 Å². The van der Waals surface area contributed by atoms with Crippen LogP contribution < -0.4 is 10.5 Å². The Labute approximate surface area is 172 Å². The second kappa shape index (κ2) is 11.3. The van der Waals surface area contributed by atoms with E-state index >= 15 is 0 Å². The number of nitrogens with two attached hydrogens (primary N) is 1. The first kappa shape index (κ1) is 23.5. The molecule has 2 aromatic rings. The summed E-state index contributed by atoms with van der Waals surface area (Å²) in [6, 6.07) is 14.6. The number of hydrogen-bond acceptors (Lipinski definition) is 5. The Morgan fingerprint density at radius 3 is 1.93 bits per heavy atom. The Morgan fingerprint density at radius 1 is 0.964 bits per heavy atom. The number of carbonyl (C=O) groups is 2. The van der Waals surface area contributed by atoms with Crippen LogP contribution in [0, 0.1) is 0 Å². The molecule has 0 heterocycles. The van der Waals surface area contributed by atoms with E-state index in [0.29, 0.717) is 30.8 Å². The number of esters is 1. The molecule has 0 unspecified atom stereocenters. The van der Waals surface area contributed by atoms with Crippen LogP contribution in [0.2, 0.25) is 0 Å². The summed E-state index contributed by atoms with van der Waals surface area (Å²) in [5, 5.41) is 0. The molecule has 6 nitrogen and oxygen atoms in total. The van der Waals surface area contributed by atoms with E-state index in [-0.39, 0.29) is 24.3 Å². The van der Waals surface area contributed by atoms with Gasteiger partial charge in [-0.15, -0.1) is 12.4 Å². The van der Waals surface area contributed by atoms with Crippen LogP contribution in [0.1, 0.15) is 17.5 Å². The number of rotatable bonds is 8. The minimum absolute atomic E-state index is 0. The molecule has 0 saturated carbocycles. The van der Waals surface area contributed by atoms with Crippen molar-refractivity contribution in [3.8, 4) is 11.5 Å². The zero-order valence-electron chi connectivity index (χ0n) is 16.4. The molecular weight excluding hydrogens is 380 g/mol. The number of nitrogens with zero attached hydrogens (tertiary/aromatic N) is 1. The van der Waals surface area contributed by atoms with Gasteiger partial charge >= 0.3 is 5.97 Å². The number of methoxy groups -OCH3 is 1. The van der Waals surface area contributed by atoms with Gasteiger partial charge in [-0.05, 0) is 48.2 Å². The van der Waals surface area contributed by atoms with Crippen molar-refractivity contribution in [2.75, 3.05) is 21.2 Å². The third-order valence-corrected chi connectivity index (χ3v) is 4.14. The topological polar surface area (TPSA) is 81.9 Å². The van der Waals surface area contributed by atoms with Gasteiger partial charge in [0.05, 0.1) is 13.2 Å². The first-order chi connectivity index (χ1) is 12.9.